The highest BCUT2D eigenvalue weighted by Gasteiger charge is 2.16. The highest BCUT2D eigenvalue weighted by Crippen LogP contribution is 2.21. The molecule has 7 nitrogen and oxygen atoms in total. The molecular formula is C13H12N4O3S. The standard InChI is InChI=1S/C13H12N4O3S/c1-21-10-4-2-3-8(5-10)16-13(18)11-6-9(17(19)20)7-15-12(11)14/h2-7H,1H3,(H2,14,15)(H,16,18). The molecule has 0 bridgehead atoms. The summed E-state index contributed by atoms with van der Waals surface area (Å²) >= 11 is 1.54. The van der Waals surface area contributed by atoms with E-state index in [0.29, 0.717) is 5.69 Å². The number of nitrogens with one attached hydrogen (secondary N) is 1. The molecule has 1 aromatic carbocycles. The van der Waals surface area contributed by atoms with Gasteiger partial charge in [-0.2, -0.15) is 0 Å². The maximum atomic E-state index is 12.1. The third-order valence-corrected chi connectivity index (χ3v) is 3.41. The minimum absolute atomic E-state index is 0.0289. The lowest BCUT2D eigenvalue weighted by atomic mass is 10.2. The molecule has 8 heteroatoms. The molecule has 0 aliphatic carbocycles. The number of carbonyl (C=O) groups excluding carboxylic acids is 1. The number of hydrogen-bond donors (Lipinski definition) is 2. The Morgan fingerprint density at radius 1 is 1.43 bits per heavy atom. The molecule has 1 aromatic heterocycles. The first-order chi connectivity index (χ1) is 10.0. The van der Waals surface area contributed by atoms with E-state index in [-0.39, 0.29) is 17.1 Å². The zero-order valence-electron chi connectivity index (χ0n) is 11.1. The summed E-state index contributed by atoms with van der Waals surface area (Å²) in [7, 11) is 0. The SMILES string of the molecule is CSc1cccc(NC(=O)c2cc([N+](=O)[O-])cnc2N)c1. The molecule has 0 radical (unpaired) electrons. The second-order valence-electron chi connectivity index (χ2n) is 4.07. The lowest BCUT2D eigenvalue weighted by Crippen LogP contribution is -2.15. The van der Waals surface area contributed by atoms with Crippen molar-refractivity contribution in [3.8, 4) is 0 Å². The van der Waals surface area contributed by atoms with Gasteiger partial charge < -0.3 is 11.1 Å². The number of aromatic nitrogens is 1. The average Bonchev–Trinajstić information content (AvgIpc) is 2.47. The second kappa shape index (κ2) is 6.23. The molecule has 0 aliphatic rings. The molecule has 0 saturated heterocycles. The molecule has 0 unspecified atom stereocenters. The van der Waals surface area contributed by atoms with Crippen molar-refractivity contribution >= 4 is 34.9 Å². The van der Waals surface area contributed by atoms with Crippen LogP contribution >= 0.6 is 11.8 Å². The molecule has 1 heterocycles. The van der Waals surface area contributed by atoms with Crippen molar-refractivity contribution in [1.29, 1.82) is 0 Å². The summed E-state index contributed by atoms with van der Waals surface area (Å²) in [5.41, 5.74) is 5.87. The smallest absolute Gasteiger partial charge is 0.288 e. The van der Waals surface area contributed by atoms with E-state index in [9.17, 15) is 14.9 Å². The van der Waals surface area contributed by atoms with Crippen LogP contribution in [0.3, 0.4) is 0 Å². The van der Waals surface area contributed by atoms with E-state index in [1.807, 2.05) is 12.3 Å². The lowest BCUT2D eigenvalue weighted by molar-refractivity contribution is -0.385. The van der Waals surface area contributed by atoms with Crippen molar-refractivity contribution in [2.75, 3.05) is 17.3 Å². The van der Waals surface area contributed by atoms with Gasteiger partial charge in [0.2, 0.25) is 0 Å². The van der Waals surface area contributed by atoms with Crippen molar-refractivity contribution in [3.63, 3.8) is 0 Å². The number of hydrogen-bond acceptors (Lipinski definition) is 6. The van der Waals surface area contributed by atoms with E-state index in [2.05, 4.69) is 10.3 Å². The van der Waals surface area contributed by atoms with Gasteiger partial charge in [-0.15, -0.1) is 11.8 Å². The summed E-state index contributed by atoms with van der Waals surface area (Å²) in [5, 5.41) is 13.4. The van der Waals surface area contributed by atoms with E-state index >= 15 is 0 Å². The molecule has 0 aliphatic heterocycles. The molecule has 2 aromatic rings. The van der Waals surface area contributed by atoms with E-state index < -0.39 is 10.8 Å². The van der Waals surface area contributed by atoms with E-state index in [0.717, 1.165) is 17.2 Å². The number of rotatable bonds is 4. The Balaban J connectivity index is 2.27. The van der Waals surface area contributed by atoms with Crippen LogP contribution in [0.1, 0.15) is 10.4 Å². The van der Waals surface area contributed by atoms with Crippen LogP contribution in [0.4, 0.5) is 17.2 Å². The number of nitrogens with zero attached hydrogens (tertiary/aromatic N) is 2. The maximum Gasteiger partial charge on any atom is 0.288 e. The topological polar surface area (TPSA) is 111 Å². The minimum atomic E-state index is -0.627. The average molecular weight is 304 g/mol. The molecule has 1 amide bonds. The highest BCUT2D eigenvalue weighted by atomic mass is 32.2. The van der Waals surface area contributed by atoms with Gasteiger partial charge in [0.25, 0.3) is 11.6 Å². The largest absolute Gasteiger partial charge is 0.383 e. The maximum absolute atomic E-state index is 12.1. The van der Waals surface area contributed by atoms with Crippen LogP contribution in [-0.2, 0) is 0 Å². The Kier molecular flexibility index (Phi) is 4.39. The molecule has 0 fully saturated rings. The number of carbonyl (C=O) groups is 1. The Bertz CT molecular complexity index is 706. The van der Waals surface area contributed by atoms with Gasteiger partial charge in [-0.1, -0.05) is 6.07 Å². The molecule has 0 saturated carbocycles. The van der Waals surface area contributed by atoms with Gasteiger partial charge in [0.15, 0.2) is 0 Å². The zero-order chi connectivity index (χ0) is 15.4. The monoisotopic (exact) mass is 304 g/mol. The van der Waals surface area contributed by atoms with Crippen LogP contribution < -0.4 is 11.1 Å². The first-order valence-corrected chi connectivity index (χ1v) is 7.09. The molecule has 21 heavy (non-hydrogen) atoms. The highest BCUT2D eigenvalue weighted by molar-refractivity contribution is 7.98. The molecule has 2 rings (SSSR count). The summed E-state index contributed by atoms with van der Waals surface area (Å²) in [4.78, 5) is 26.9. The van der Waals surface area contributed by atoms with Gasteiger partial charge in [0.1, 0.15) is 12.0 Å². The predicted molar refractivity (Wildman–Crippen MR) is 81.5 cm³/mol. The first kappa shape index (κ1) is 14.8. The number of thioether (sulfide) groups is 1. The number of benzene rings is 1. The van der Waals surface area contributed by atoms with Gasteiger partial charge in [-0.25, -0.2) is 4.98 Å². The van der Waals surface area contributed by atoms with Crippen LogP contribution in [-0.4, -0.2) is 22.1 Å². The number of anilines is 2. The van der Waals surface area contributed by atoms with Gasteiger partial charge in [-0.05, 0) is 24.5 Å². The third kappa shape index (κ3) is 3.48. The van der Waals surface area contributed by atoms with Crippen LogP contribution in [0.15, 0.2) is 41.4 Å². The van der Waals surface area contributed by atoms with Crippen molar-refractivity contribution in [1.82, 2.24) is 4.98 Å². The summed E-state index contributed by atoms with van der Waals surface area (Å²) < 4.78 is 0. The summed E-state index contributed by atoms with van der Waals surface area (Å²) in [5.74, 6) is -0.596. The van der Waals surface area contributed by atoms with Crippen LogP contribution in [0, 0.1) is 10.1 Å². The molecule has 0 spiro atoms. The summed E-state index contributed by atoms with van der Waals surface area (Å²) in [6.45, 7) is 0. The van der Waals surface area contributed by atoms with Gasteiger partial charge in [0, 0.05) is 16.6 Å². The van der Waals surface area contributed by atoms with Crippen molar-refractivity contribution in [2.45, 2.75) is 4.90 Å². The number of nitrogens with two attached hydrogens (primary N) is 1. The molecule has 0 atom stereocenters. The van der Waals surface area contributed by atoms with Crippen LogP contribution in [0.5, 0.6) is 0 Å². The van der Waals surface area contributed by atoms with Crippen LogP contribution in [0.2, 0.25) is 0 Å². The third-order valence-electron chi connectivity index (χ3n) is 2.69. The summed E-state index contributed by atoms with van der Waals surface area (Å²) in [6.07, 6.45) is 2.93. The zero-order valence-corrected chi connectivity index (χ0v) is 11.9. The van der Waals surface area contributed by atoms with Crippen molar-refractivity contribution in [3.05, 3.63) is 52.2 Å². The van der Waals surface area contributed by atoms with Crippen molar-refractivity contribution < 1.29 is 9.72 Å². The Hall–Kier alpha value is -2.61. The van der Waals surface area contributed by atoms with E-state index in [1.54, 1.807) is 18.2 Å². The predicted octanol–water partition coefficient (Wildman–Crippen LogP) is 2.55. The second-order valence-corrected chi connectivity index (χ2v) is 4.95. The molecule has 3 N–H and O–H groups in total. The van der Waals surface area contributed by atoms with Gasteiger partial charge in [-0.3, -0.25) is 14.9 Å². The lowest BCUT2D eigenvalue weighted by Gasteiger charge is -2.07. The van der Waals surface area contributed by atoms with Gasteiger partial charge >= 0.3 is 0 Å². The fraction of sp³-hybridized carbons (Fsp3) is 0.0769. The van der Waals surface area contributed by atoms with E-state index in [4.69, 9.17) is 5.73 Å². The van der Waals surface area contributed by atoms with Gasteiger partial charge in [0.05, 0.1) is 10.5 Å². The quantitative estimate of drug-likeness (QED) is 0.510. The summed E-state index contributed by atoms with van der Waals surface area (Å²) in [6, 6.07) is 8.33. The number of nitrogen functional groups attached to an aromatic ring is 1. The Morgan fingerprint density at radius 2 is 2.19 bits per heavy atom. The van der Waals surface area contributed by atoms with E-state index in [1.165, 1.54) is 11.8 Å². The number of pyridine rings is 1. The normalized spacial score (nSPS) is 10.1. The Morgan fingerprint density at radius 3 is 2.86 bits per heavy atom. The number of nitro groups is 1. The fourth-order valence-corrected chi connectivity index (χ4v) is 2.10. The minimum Gasteiger partial charge on any atom is -0.383 e. The number of amides is 1. The fourth-order valence-electron chi connectivity index (χ4n) is 1.65. The van der Waals surface area contributed by atoms with Crippen molar-refractivity contribution in [2.24, 2.45) is 0 Å². The molecule has 108 valence electrons. The molecular weight excluding hydrogens is 292 g/mol. The Labute approximate surface area is 124 Å². The van der Waals surface area contributed by atoms with Crippen LogP contribution in [0.25, 0.3) is 0 Å². The first-order valence-electron chi connectivity index (χ1n) is 5.86.